The van der Waals surface area contributed by atoms with Gasteiger partial charge < -0.3 is 23.7 Å². The molecule has 0 spiro atoms. The molecule has 1 aliphatic rings. The summed E-state index contributed by atoms with van der Waals surface area (Å²) in [6.45, 7) is 18.3. The van der Waals surface area contributed by atoms with E-state index >= 15 is 0 Å². The predicted molar refractivity (Wildman–Crippen MR) is 368 cm³/mol. The quantitative estimate of drug-likeness (QED) is 0.0334. The van der Waals surface area contributed by atoms with Crippen LogP contribution in [0.4, 0.5) is 0 Å². The molecule has 0 aliphatic carbocycles. The van der Waals surface area contributed by atoms with Crippen molar-refractivity contribution >= 4 is 23.9 Å². The number of hydrogen-bond acceptors (Lipinski definition) is 9. The molecule has 1 unspecified atom stereocenters. The number of unbranched alkanes of at least 4 members (excludes halogenated alkanes) is 44. The van der Waals surface area contributed by atoms with Gasteiger partial charge in [0.2, 0.25) is 0 Å². The van der Waals surface area contributed by atoms with Gasteiger partial charge in [-0.3, -0.25) is 19.2 Å². The van der Waals surface area contributed by atoms with Crippen molar-refractivity contribution in [2.45, 2.75) is 439 Å². The minimum atomic E-state index is -1.02. The van der Waals surface area contributed by atoms with E-state index in [2.05, 4.69) is 55.4 Å². The first kappa shape index (κ1) is 82.9. The van der Waals surface area contributed by atoms with Crippen LogP contribution in [0.25, 0.3) is 0 Å². The zero-order chi connectivity index (χ0) is 63.5. The molecule has 1 heterocycles. The predicted octanol–water partition coefficient (Wildman–Crippen LogP) is 24.1. The molecule has 0 aromatic heterocycles. The monoisotopic (exact) mass is 1230 g/mol. The normalized spacial score (nSPS) is 15.6. The molecular weight excluding hydrogens is 1080 g/mol. The topological polar surface area (TPSA) is 114 Å². The van der Waals surface area contributed by atoms with E-state index in [1.165, 1.54) is 257 Å². The summed E-state index contributed by atoms with van der Waals surface area (Å²) in [6.07, 6.45) is 60.8. The zero-order valence-electron chi connectivity index (χ0n) is 59.3. The van der Waals surface area contributed by atoms with Gasteiger partial charge in [0.25, 0.3) is 0 Å². The maximum absolute atomic E-state index is 13.7. The van der Waals surface area contributed by atoms with E-state index in [1.807, 2.05) is 0 Å². The fourth-order valence-corrected chi connectivity index (χ4v) is 12.6. The molecule has 87 heavy (non-hydrogen) atoms. The van der Waals surface area contributed by atoms with Gasteiger partial charge in [-0.05, 0) is 49.4 Å². The van der Waals surface area contributed by atoms with E-state index in [1.54, 1.807) is 0 Å². The Bertz CT molecular complexity index is 1530. The Kier molecular flexibility index (Phi) is 58.4. The number of esters is 4. The van der Waals surface area contributed by atoms with Crippen LogP contribution in [0, 0.1) is 23.7 Å². The van der Waals surface area contributed by atoms with Crippen LogP contribution in [0.15, 0.2) is 0 Å². The third-order valence-electron chi connectivity index (χ3n) is 18.4. The van der Waals surface area contributed by atoms with E-state index in [0.29, 0.717) is 12.8 Å². The van der Waals surface area contributed by atoms with Gasteiger partial charge in [0.15, 0.2) is 18.3 Å². The van der Waals surface area contributed by atoms with Crippen molar-refractivity contribution in [2.75, 3.05) is 13.2 Å². The van der Waals surface area contributed by atoms with Crippen LogP contribution in [0.5, 0.6) is 0 Å². The van der Waals surface area contributed by atoms with Gasteiger partial charge in [-0.2, -0.15) is 0 Å². The zero-order valence-corrected chi connectivity index (χ0v) is 59.3. The highest BCUT2D eigenvalue weighted by molar-refractivity contribution is 5.71. The van der Waals surface area contributed by atoms with Crippen LogP contribution in [0.1, 0.15) is 415 Å². The average molecular weight is 1230 g/mol. The lowest BCUT2D eigenvalue weighted by molar-refractivity contribution is -0.179. The molecule has 0 amide bonds. The average Bonchev–Trinajstić information content (AvgIpc) is 2.23. The largest absolute Gasteiger partial charge is 0.462 e. The van der Waals surface area contributed by atoms with Crippen molar-refractivity contribution in [3.8, 4) is 0 Å². The van der Waals surface area contributed by atoms with Gasteiger partial charge in [0.05, 0.1) is 6.61 Å². The number of ether oxygens (including phenoxy) is 5. The summed E-state index contributed by atoms with van der Waals surface area (Å²) in [5.74, 6) is 1.80. The molecule has 1 saturated heterocycles. The van der Waals surface area contributed by atoms with Crippen LogP contribution < -0.4 is 0 Å². The molecule has 0 aromatic carbocycles. The molecule has 0 saturated carbocycles. The molecule has 9 heteroatoms. The van der Waals surface area contributed by atoms with Crippen molar-refractivity contribution in [3.63, 3.8) is 0 Å². The van der Waals surface area contributed by atoms with Gasteiger partial charge in [-0.1, -0.05) is 364 Å². The SMILES string of the molecule is CC(C)CCCCCCCCCCCCCCC(=O)OCC(OC(=O)CCCCCCCCCCCCCCC(C)C)[C@@H]1OC[C@@H](OC(=O)CCCCCCCCCCCCCCC(C)C)[C@@H]1OC(=O)CCCCCCCCCCCCCCC(C)C. The molecule has 514 valence electrons. The highest BCUT2D eigenvalue weighted by Gasteiger charge is 2.48. The summed E-state index contributed by atoms with van der Waals surface area (Å²) >= 11 is 0. The van der Waals surface area contributed by atoms with Gasteiger partial charge in [0, 0.05) is 25.7 Å². The van der Waals surface area contributed by atoms with E-state index in [4.69, 9.17) is 23.7 Å². The lowest BCUT2D eigenvalue weighted by atomic mass is 10.0. The minimum Gasteiger partial charge on any atom is -0.462 e. The standard InChI is InChI=1S/C78H148O9/c1-67(2)57-49-41-33-25-17-9-13-21-29-37-45-53-61-73(79)83-65-71(85-74(80)62-54-46-38-30-22-14-10-18-26-34-42-50-58-68(3)4)77-78(87-76(82)64-56-48-40-32-24-16-12-20-28-36-44-52-60-70(7)8)72(66-84-77)86-75(81)63-55-47-39-31-23-15-11-19-27-35-43-51-59-69(5)6/h67-72,77-78H,9-66H2,1-8H3/t71?,72-,77+,78+/m1/s1. The molecule has 0 radical (unpaired) electrons. The highest BCUT2D eigenvalue weighted by atomic mass is 16.7. The summed E-state index contributed by atoms with van der Waals surface area (Å²) in [7, 11) is 0. The Hall–Kier alpha value is -2.16. The Morgan fingerprint density at radius 2 is 0.529 bits per heavy atom. The summed E-state index contributed by atoms with van der Waals surface area (Å²) in [6, 6.07) is 0. The van der Waals surface area contributed by atoms with Crippen molar-refractivity contribution in [1.29, 1.82) is 0 Å². The van der Waals surface area contributed by atoms with Crippen LogP contribution >= 0.6 is 0 Å². The molecule has 1 rings (SSSR count). The Balaban J connectivity index is 2.86. The summed E-state index contributed by atoms with van der Waals surface area (Å²) in [5.41, 5.74) is 0. The Morgan fingerprint density at radius 1 is 0.299 bits per heavy atom. The second-order valence-electron chi connectivity index (χ2n) is 29.2. The molecule has 9 nitrogen and oxygen atoms in total. The lowest BCUT2D eigenvalue weighted by Gasteiger charge is -2.28. The highest BCUT2D eigenvalue weighted by Crippen LogP contribution is 2.29. The van der Waals surface area contributed by atoms with Crippen molar-refractivity contribution < 1.29 is 42.9 Å². The second kappa shape index (κ2) is 61.4. The van der Waals surface area contributed by atoms with Gasteiger partial charge in [-0.25, -0.2) is 0 Å². The molecule has 0 aromatic rings. The maximum atomic E-state index is 13.7. The Labute approximate surface area is 540 Å². The summed E-state index contributed by atoms with van der Waals surface area (Å²) in [4.78, 5) is 54.2. The first-order valence-corrected chi connectivity index (χ1v) is 38.6. The first-order valence-electron chi connectivity index (χ1n) is 38.6. The summed E-state index contributed by atoms with van der Waals surface area (Å²) < 4.78 is 30.7. The Morgan fingerprint density at radius 3 is 0.805 bits per heavy atom. The smallest absolute Gasteiger partial charge is 0.306 e. The fraction of sp³-hybridized carbons (Fsp3) is 0.949. The number of rotatable bonds is 66. The molecule has 1 fully saturated rings. The van der Waals surface area contributed by atoms with Crippen molar-refractivity contribution in [2.24, 2.45) is 23.7 Å². The molecule has 4 atom stereocenters. The number of carbonyl (C=O) groups is 4. The van der Waals surface area contributed by atoms with E-state index in [0.717, 1.165) is 87.9 Å². The van der Waals surface area contributed by atoms with Gasteiger partial charge in [-0.15, -0.1) is 0 Å². The molecule has 1 aliphatic heterocycles. The number of carbonyl (C=O) groups excluding carboxylic acids is 4. The fourth-order valence-electron chi connectivity index (χ4n) is 12.6. The van der Waals surface area contributed by atoms with E-state index in [9.17, 15) is 19.2 Å². The molecule has 0 bridgehead atoms. The first-order chi connectivity index (χ1) is 42.3. The molecule has 0 N–H and O–H groups in total. The maximum Gasteiger partial charge on any atom is 0.306 e. The minimum absolute atomic E-state index is 0.00314. The van der Waals surface area contributed by atoms with Crippen LogP contribution in [-0.4, -0.2) is 61.5 Å². The van der Waals surface area contributed by atoms with Crippen LogP contribution in [0.2, 0.25) is 0 Å². The van der Waals surface area contributed by atoms with Gasteiger partial charge >= 0.3 is 23.9 Å². The van der Waals surface area contributed by atoms with Crippen LogP contribution in [0.3, 0.4) is 0 Å². The summed E-state index contributed by atoms with van der Waals surface area (Å²) in [5, 5.41) is 0. The molecular formula is C78H148O9. The van der Waals surface area contributed by atoms with Crippen LogP contribution in [-0.2, 0) is 42.9 Å². The van der Waals surface area contributed by atoms with E-state index in [-0.39, 0.29) is 62.8 Å². The van der Waals surface area contributed by atoms with E-state index < -0.39 is 24.4 Å². The lowest BCUT2D eigenvalue weighted by Crippen LogP contribution is -2.47. The third kappa shape index (κ3) is 56.3. The van der Waals surface area contributed by atoms with Gasteiger partial charge in [0.1, 0.15) is 12.7 Å². The number of hydrogen-bond donors (Lipinski definition) is 0. The van der Waals surface area contributed by atoms with Crippen molar-refractivity contribution in [1.82, 2.24) is 0 Å². The van der Waals surface area contributed by atoms with Crippen molar-refractivity contribution in [3.05, 3.63) is 0 Å². The second-order valence-corrected chi connectivity index (χ2v) is 29.2. The third-order valence-corrected chi connectivity index (χ3v) is 18.4.